The van der Waals surface area contributed by atoms with Crippen molar-refractivity contribution in [2.24, 2.45) is 11.5 Å². The van der Waals surface area contributed by atoms with Gasteiger partial charge in [0, 0.05) is 0 Å². The zero-order valence-electron chi connectivity index (χ0n) is 8.16. The van der Waals surface area contributed by atoms with Crippen LogP contribution in [0.4, 0.5) is 0 Å². The van der Waals surface area contributed by atoms with E-state index < -0.39 is 6.04 Å². The molecule has 0 fully saturated rings. The molecule has 1 amide bonds. The summed E-state index contributed by atoms with van der Waals surface area (Å²) in [5.74, 6) is -0.280. The topological polar surface area (TPSA) is 98.2 Å². The average Bonchev–Trinajstić information content (AvgIpc) is 2.14. The van der Waals surface area contributed by atoms with E-state index in [-0.39, 0.29) is 18.0 Å². The number of nitrogens with two attached hydrogens (primary N) is 2. The first kappa shape index (κ1) is 13.5. The molecule has 5 nitrogen and oxygen atoms in total. The van der Waals surface area contributed by atoms with Crippen LogP contribution in [0, 0.1) is 0 Å². The lowest BCUT2D eigenvalue weighted by Gasteiger charge is -2.10. The zero-order chi connectivity index (χ0) is 11.0. The highest BCUT2D eigenvalue weighted by Crippen LogP contribution is 1.97. The second-order valence-electron chi connectivity index (χ2n) is 3.08. The van der Waals surface area contributed by atoms with E-state index >= 15 is 0 Å². The van der Waals surface area contributed by atoms with E-state index in [9.17, 15) is 9.59 Å². The number of nitrogens with one attached hydrogen (secondary N) is 1. The highest BCUT2D eigenvalue weighted by atomic mass is 31.0. The fourth-order valence-corrected chi connectivity index (χ4v) is 1.05. The summed E-state index contributed by atoms with van der Waals surface area (Å²) in [6.07, 6.45) is 2.30. The molecule has 0 saturated carbocycles. The Bertz CT molecular complexity index is 199. The Hall–Kier alpha value is -0.510. The normalized spacial score (nSPS) is 12.2. The van der Waals surface area contributed by atoms with Crippen LogP contribution in [0.5, 0.6) is 0 Å². The van der Waals surface area contributed by atoms with Crippen LogP contribution in [0.2, 0.25) is 0 Å². The van der Waals surface area contributed by atoms with Crippen molar-refractivity contribution in [1.82, 2.24) is 5.32 Å². The van der Waals surface area contributed by atoms with Crippen molar-refractivity contribution < 1.29 is 9.59 Å². The summed E-state index contributed by atoms with van der Waals surface area (Å²) in [7, 11) is 1.99. The molecule has 14 heavy (non-hydrogen) atoms. The lowest BCUT2D eigenvalue weighted by molar-refractivity contribution is -0.124. The summed E-state index contributed by atoms with van der Waals surface area (Å²) < 4.78 is 0. The largest absolute Gasteiger partial charge is 0.347 e. The molecule has 0 aliphatic rings. The van der Waals surface area contributed by atoms with Crippen molar-refractivity contribution in [2.75, 3.05) is 13.1 Å². The predicted octanol–water partition coefficient (Wildman–Crippen LogP) is -1.04. The van der Waals surface area contributed by atoms with Gasteiger partial charge in [-0.25, -0.2) is 0 Å². The van der Waals surface area contributed by atoms with Crippen molar-refractivity contribution in [3.63, 3.8) is 0 Å². The maximum atomic E-state index is 11.2. The van der Waals surface area contributed by atoms with E-state index in [2.05, 4.69) is 5.32 Å². The number of hydrogen-bond donors (Lipinski definition) is 3. The van der Waals surface area contributed by atoms with Crippen molar-refractivity contribution >= 4 is 20.7 Å². The monoisotopic (exact) mass is 219 g/mol. The molecule has 0 spiro atoms. The van der Waals surface area contributed by atoms with Crippen LogP contribution in [-0.2, 0) is 9.59 Å². The Morgan fingerprint density at radius 1 is 1.36 bits per heavy atom. The van der Waals surface area contributed by atoms with Gasteiger partial charge in [0.1, 0.15) is 0 Å². The second-order valence-corrected chi connectivity index (χ2v) is 3.72. The lowest BCUT2D eigenvalue weighted by atomic mass is 10.1. The fraction of sp³-hybridized carbons (Fsp3) is 0.750. The van der Waals surface area contributed by atoms with Gasteiger partial charge in [0.15, 0.2) is 5.52 Å². The van der Waals surface area contributed by atoms with Gasteiger partial charge in [-0.15, -0.1) is 0 Å². The number of amides is 1. The van der Waals surface area contributed by atoms with Crippen molar-refractivity contribution in [3.05, 3.63) is 0 Å². The minimum atomic E-state index is -0.536. The van der Waals surface area contributed by atoms with Gasteiger partial charge < -0.3 is 16.8 Å². The Balaban J connectivity index is 3.59. The van der Waals surface area contributed by atoms with Crippen LogP contribution in [0.25, 0.3) is 0 Å². The molecule has 0 radical (unpaired) electrons. The van der Waals surface area contributed by atoms with Gasteiger partial charge in [0.25, 0.3) is 0 Å². The molecule has 0 bridgehead atoms. The molecule has 2 unspecified atom stereocenters. The van der Waals surface area contributed by atoms with Gasteiger partial charge in [0.2, 0.25) is 5.91 Å². The number of carbonyl (C=O) groups is 2. The fourth-order valence-electron chi connectivity index (χ4n) is 0.945. The first-order valence-electron chi connectivity index (χ1n) is 4.59. The Labute approximate surface area is 86.2 Å². The van der Waals surface area contributed by atoms with Crippen molar-refractivity contribution in [2.45, 2.75) is 25.3 Å². The zero-order valence-corrected chi connectivity index (χ0v) is 9.32. The van der Waals surface area contributed by atoms with Crippen LogP contribution >= 0.6 is 9.24 Å². The van der Waals surface area contributed by atoms with Gasteiger partial charge in [-0.05, 0) is 19.4 Å². The first-order chi connectivity index (χ1) is 6.57. The molecule has 2 atom stereocenters. The Kier molecular flexibility index (Phi) is 7.57. The maximum absolute atomic E-state index is 11.2. The third-order valence-corrected chi connectivity index (χ3v) is 1.95. The third kappa shape index (κ3) is 6.95. The minimum Gasteiger partial charge on any atom is -0.347 e. The molecule has 0 aromatic rings. The molecule has 0 heterocycles. The van der Waals surface area contributed by atoms with Gasteiger partial charge in [0.05, 0.1) is 12.6 Å². The molecule has 0 aliphatic carbocycles. The van der Waals surface area contributed by atoms with Crippen molar-refractivity contribution in [3.8, 4) is 0 Å². The molecular weight excluding hydrogens is 201 g/mol. The molecule has 6 heteroatoms. The molecular formula is C8H18N3O2P. The van der Waals surface area contributed by atoms with Gasteiger partial charge in [-0.1, -0.05) is 15.7 Å². The average molecular weight is 219 g/mol. The van der Waals surface area contributed by atoms with E-state index in [0.717, 1.165) is 12.8 Å². The van der Waals surface area contributed by atoms with E-state index in [0.29, 0.717) is 13.0 Å². The number of rotatable bonds is 7. The smallest absolute Gasteiger partial charge is 0.237 e. The number of carbonyl (C=O) groups excluding carboxylic acids is 2. The van der Waals surface area contributed by atoms with Gasteiger partial charge in [-0.2, -0.15) is 0 Å². The van der Waals surface area contributed by atoms with Crippen LogP contribution in [-0.4, -0.2) is 30.6 Å². The summed E-state index contributed by atoms with van der Waals surface area (Å²) in [5, 5.41) is 2.44. The van der Waals surface area contributed by atoms with Crippen LogP contribution in [0.15, 0.2) is 0 Å². The first-order valence-corrected chi connectivity index (χ1v) is 5.17. The molecule has 82 valence electrons. The predicted molar refractivity (Wildman–Crippen MR) is 58.6 cm³/mol. The van der Waals surface area contributed by atoms with Gasteiger partial charge in [-0.3, -0.25) is 9.59 Å². The summed E-state index contributed by atoms with van der Waals surface area (Å²) in [6.45, 7) is 0.631. The van der Waals surface area contributed by atoms with E-state index in [1.165, 1.54) is 0 Å². The summed E-state index contributed by atoms with van der Waals surface area (Å²) in [5.41, 5.74) is 10.7. The maximum Gasteiger partial charge on any atom is 0.237 e. The van der Waals surface area contributed by atoms with Crippen molar-refractivity contribution in [1.29, 1.82) is 0 Å². The van der Waals surface area contributed by atoms with Crippen LogP contribution < -0.4 is 16.8 Å². The Morgan fingerprint density at radius 2 is 2.00 bits per heavy atom. The third-order valence-electron chi connectivity index (χ3n) is 1.74. The molecule has 0 aliphatic heterocycles. The highest BCUT2D eigenvalue weighted by molar-refractivity contribution is 7.40. The molecule has 0 rings (SSSR count). The van der Waals surface area contributed by atoms with E-state index in [1.54, 1.807) is 0 Å². The number of hydrogen-bond acceptors (Lipinski definition) is 4. The number of unbranched alkanes of at least 4 members (excludes halogenated alkanes) is 1. The molecule has 0 aromatic carbocycles. The van der Waals surface area contributed by atoms with Crippen LogP contribution in [0.1, 0.15) is 19.3 Å². The van der Waals surface area contributed by atoms with Gasteiger partial charge >= 0.3 is 0 Å². The van der Waals surface area contributed by atoms with Crippen LogP contribution in [0.3, 0.4) is 0 Å². The Morgan fingerprint density at radius 3 is 2.50 bits per heavy atom. The minimum absolute atomic E-state index is 0.0219. The SMILES string of the molecule is NCCCCC(N)C(=O)NCC(=O)P. The molecule has 0 aromatic heterocycles. The van der Waals surface area contributed by atoms with E-state index in [1.807, 2.05) is 9.24 Å². The molecule has 0 saturated heterocycles. The highest BCUT2D eigenvalue weighted by Gasteiger charge is 2.12. The summed E-state index contributed by atoms with van der Waals surface area (Å²) in [4.78, 5) is 21.7. The lowest BCUT2D eigenvalue weighted by Crippen LogP contribution is -2.41. The summed E-state index contributed by atoms with van der Waals surface area (Å²) in [6, 6.07) is -0.536. The van der Waals surface area contributed by atoms with E-state index in [4.69, 9.17) is 11.5 Å². The standard InChI is InChI=1S/C8H18N3O2P/c9-4-2-1-3-6(10)8(13)11-5-7(12)14/h6H,1-5,9-10,14H2,(H,11,13). The summed E-state index contributed by atoms with van der Waals surface area (Å²) >= 11 is 0. The second kappa shape index (κ2) is 7.85. The molecule has 5 N–H and O–H groups in total. The quantitative estimate of drug-likeness (QED) is 0.376.